The minimum Gasteiger partial charge on any atom is -0.456 e. The van der Waals surface area contributed by atoms with Crippen molar-refractivity contribution in [3.63, 3.8) is 0 Å². The number of carbonyl (C=O) groups is 1. The zero-order valence-corrected chi connectivity index (χ0v) is 16.8. The number of pyridine rings is 1. The first-order chi connectivity index (χ1) is 14.6. The summed E-state index contributed by atoms with van der Waals surface area (Å²) in [6, 6.07) is 14.5. The molecule has 2 heterocycles. The van der Waals surface area contributed by atoms with E-state index in [0.717, 1.165) is 5.16 Å². The minimum atomic E-state index is -0.435. The molecule has 150 valence electrons. The molecule has 4 aromatic rings. The molecule has 0 saturated carbocycles. The van der Waals surface area contributed by atoms with Gasteiger partial charge in [-0.1, -0.05) is 0 Å². The van der Waals surface area contributed by atoms with E-state index in [2.05, 4.69) is 15.3 Å². The lowest BCUT2D eigenvalue weighted by Crippen LogP contribution is -2.12. The second kappa shape index (κ2) is 8.79. The summed E-state index contributed by atoms with van der Waals surface area (Å²) in [5.41, 5.74) is 0.800. The molecule has 2 aromatic heterocycles. The number of hydrogen-bond acceptors (Lipinski definition) is 5. The molecule has 0 saturated heterocycles. The summed E-state index contributed by atoms with van der Waals surface area (Å²) in [6.45, 7) is 0. The molecule has 0 spiro atoms. The van der Waals surface area contributed by atoms with Gasteiger partial charge < -0.3 is 14.6 Å². The number of carbonyl (C=O) groups excluding carboxylic acids is 1. The largest absolute Gasteiger partial charge is 0.456 e. The minimum absolute atomic E-state index is 0.352. The number of amides is 1. The number of imidazole rings is 1. The van der Waals surface area contributed by atoms with E-state index in [-0.39, 0.29) is 5.91 Å². The van der Waals surface area contributed by atoms with Crippen molar-refractivity contribution in [3.8, 4) is 11.5 Å². The molecule has 0 aliphatic carbocycles. The van der Waals surface area contributed by atoms with Crippen LogP contribution in [0.15, 0.2) is 89.4 Å². The predicted octanol–water partition coefficient (Wildman–Crippen LogP) is 5.15. The van der Waals surface area contributed by atoms with Crippen LogP contribution in [0, 0.1) is 5.82 Å². The van der Waals surface area contributed by atoms with Crippen LogP contribution in [0.5, 0.6) is 11.5 Å². The maximum absolute atomic E-state index is 13.8. The highest BCUT2D eigenvalue weighted by Crippen LogP contribution is 2.33. The van der Waals surface area contributed by atoms with Crippen LogP contribution in [0.3, 0.4) is 0 Å². The monoisotopic (exact) mass is 420 g/mol. The molecule has 0 fully saturated rings. The molecular formula is C22H17FN4O2S. The van der Waals surface area contributed by atoms with Crippen molar-refractivity contribution in [3.05, 3.63) is 90.8 Å². The van der Waals surface area contributed by atoms with Crippen molar-refractivity contribution < 1.29 is 13.9 Å². The van der Waals surface area contributed by atoms with Crippen LogP contribution < -0.4 is 10.1 Å². The van der Waals surface area contributed by atoms with E-state index < -0.39 is 5.82 Å². The molecule has 0 aliphatic rings. The molecule has 1 N–H and O–H groups in total. The number of aromatic nitrogens is 3. The number of anilines is 1. The van der Waals surface area contributed by atoms with Crippen LogP contribution in [0.2, 0.25) is 0 Å². The SMILES string of the molecule is Cn1ccnc1Sc1ccc(F)cc1NC(=O)c1ccc(Oc2cccnc2)cc1. The van der Waals surface area contributed by atoms with Crippen molar-refractivity contribution in [2.75, 3.05) is 5.32 Å². The first-order valence-electron chi connectivity index (χ1n) is 9.02. The first-order valence-corrected chi connectivity index (χ1v) is 9.84. The molecule has 2 aromatic carbocycles. The average Bonchev–Trinajstić information content (AvgIpc) is 3.16. The van der Waals surface area contributed by atoms with Crippen LogP contribution >= 0.6 is 11.8 Å². The van der Waals surface area contributed by atoms with Gasteiger partial charge in [0.15, 0.2) is 5.16 Å². The average molecular weight is 420 g/mol. The molecule has 0 unspecified atom stereocenters. The molecule has 0 atom stereocenters. The lowest BCUT2D eigenvalue weighted by atomic mass is 10.2. The highest BCUT2D eigenvalue weighted by molar-refractivity contribution is 7.99. The van der Waals surface area contributed by atoms with Gasteiger partial charge in [0.1, 0.15) is 17.3 Å². The van der Waals surface area contributed by atoms with Crippen molar-refractivity contribution >= 4 is 23.4 Å². The van der Waals surface area contributed by atoms with Crippen molar-refractivity contribution in [1.29, 1.82) is 0 Å². The number of aryl methyl sites for hydroxylation is 1. The summed E-state index contributed by atoms with van der Waals surface area (Å²) >= 11 is 1.34. The topological polar surface area (TPSA) is 69.0 Å². The van der Waals surface area contributed by atoms with Crippen molar-refractivity contribution in [2.24, 2.45) is 7.05 Å². The maximum atomic E-state index is 13.8. The van der Waals surface area contributed by atoms with E-state index in [4.69, 9.17) is 4.74 Å². The quantitative estimate of drug-likeness (QED) is 0.467. The Bertz CT molecular complexity index is 1160. The fourth-order valence-corrected chi connectivity index (χ4v) is 3.52. The summed E-state index contributed by atoms with van der Waals surface area (Å²) in [6.07, 6.45) is 6.76. The lowest BCUT2D eigenvalue weighted by Gasteiger charge is -2.11. The normalized spacial score (nSPS) is 10.6. The van der Waals surface area contributed by atoms with Gasteiger partial charge >= 0.3 is 0 Å². The third-order valence-electron chi connectivity index (χ3n) is 4.15. The van der Waals surface area contributed by atoms with E-state index in [1.54, 1.807) is 61.1 Å². The second-order valence-electron chi connectivity index (χ2n) is 6.33. The Kier molecular flexibility index (Phi) is 5.76. The number of nitrogens with one attached hydrogen (secondary N) is 1. The van der Waals surface area contributed by atoms with Gasteiger partial charge in [0.25, 0.3) is 5.91 Å². The summed E-state index contributed by atoms with van der Waals surface area (Å²) in [7, 11) is 1.87. The van der Waals surface area contributed by atoms with Crippen LogP contribution in [0.25, 0.3) is 0 Å². The van der Waals surface area contributed by atoms with E-state index in [9.17, 15) is 9.18 Å². The Labute approximate surface area is 176 Å². The third-order valence-corrected chi connectivity index (χ3v) is 5.31. The smallest absolute Gasteiger partial charge is 0.255 e. The van der Waals surface area contributed by atoms with Crippen LogP contribution in [-0.2, 0) is 7.05 Å². The van der Waals surface area contributed by atoms with Gasteiger partial charge in [-0.15, -0.1) is 0 Å². The van der Waals surface area contributed by atoms with E-state index in [1.165, 1.54) is 23.9 Å². The highest BCUT2D eigenvalue weighted by Gasteiger charge is 2.13. The van der Waals surface area contributed by atoms with Gasteiger partial charge in [-0.25, -0.2) is 9.37 Å². The van der Waals surface area contributed by atoms with Crippen LogP contribution in [0.4, 0.5) is 10.1 Å². The molecule has 8 heteroatoms. The lowest BCUT2D eigenvalue weighted by molar-refractivity contribution is 0.102. The van der Waals surface area contributed by atoms with E-state index in [0.29, 0.717) is 27.6 Å². The zero-order valence-electron chi connectivity index (χ0n) is 15.9. The molecule has 30 heavy (non-hydrogen) atoms. The van der Waals surface area contributed by atoms with Gasteiger partial charge in [-0.3, -0.25) is 9.78 Å². The molecule has 0 radical (unpaired) electrons. The first kappa shape index (κ1) is 19.7. The summed E-state index contributed by atoms with van der Waals surface area (Å²) in [4.78, 5) is 21.6. The Morgan fingerprint density at radius 2 is 1.93 bits per heavy atom. The number of benzene rings is 2. The third kappa shape index (κ3) is 4.66. The highest BCUT2D eigenvalue weighted by atomic mass is 32.2. The number of nitrogens with zero attached hydrogens (tertiary/aromatic N) is 3. The fourth-order valence-electron chi connectivity index (χ4n) is 2.65. The van der Waals surface area contributed by atoms with Gasteiger partial charge in [0.05, 0.1) is 11.9 Å². The number of ether oxygens (including phenoxy) is 1. The maximum Gasteiger partial charge on any atom is 0.255 e. The van der Waals surface area contributed by atoms with Crippen LogP contribution in [-0.4, -0.2) is 20.4 Å². The molecule has 0 aliphatic heterocycles. The molecule has 0 bridgehead atoms. The van der Waals surface area contributed by atoms with E-state index in [1.807, 2.05) is 17.8 Å². The molecule has 4 rings (SSSR count). The predicted molar refractivity (Wildman–Crippen MR) is 112 cm³/mol. The van der Waals surface area contributed by atoms with Crippen molar-refractivity contribution in [1.82, 2.24) is 14.5 Å². The Morgan fingerprint density at radius 1 is 1.10 bits per heavy atom. The molecule has 6 nitrogen and oxygen atoms in total. The Balaban J connectivity index is 1.49. The van der Waals surface area contributed by atoms with Gasteiger partial charge in [0.2, 0.25) is 0 Å². The summed E-state index contributed by atoms with van der Waals surface area (Å²) in [5, 5.41) is 3.51. The summed E-state index contributed by atoms with van der Waals surface area (Å²) < 4.78 is 21.3. The second-order valence-corrected chi connectivity index (χ2v) is 7.34. The number of hydrogen-bond donors (Lipinski definition) is 1. The summed E-state index contributed by atoms with van der Waals surface area (Å²) in [5.74, 6) is 0.395. The number of halogens is 1. The standard InChI is InChI=1S/C22H17FN4O2S/c1-27-12-11-25-22(27)30-20-9-6-16(23)13-19(20)26-21(28)15-4-7-17(8-5-15)29-18-3-2-10-24-14-18/h2-14H,1H3,(H,26,28). The van der Waals surface area contributed by atoms with Gasteiger partial charge in [-0.05, 0) is 66.4 Å². The molecular weight excluding hydrogens is 403 g/mol. The van der Waals surface area contributed by atoms with Gasteiger partial charge in [-0.2, -0.15) is 0 Å². The Hall–Kier alpha value is -3.65. The fraction of sp³-hybridized carbons (Fsp3) is 0.0455. The molecule has 1 amide bonds. The van der Waals surface area contributed by atoms with Crippen molar-refractivity contribution in [2.45, 2.75) is 10.1 Å². The Morgan fingerprint density at radius 3 is 2.63 bits per heavy atom. The van der Waals surface area contributed by atoms with E-state index >= 15 is 0 Å². The zero-order chi connectivity index (χ0) is 20.9. The van der Waals surface area contributed by atoms with Gasteiger partial charge in [0, 0.05) is 36.1 Å². The number of rotatable bonds is 6. The van der Waals surface area contributed by atoms with Crippen LogP contribution in [0.1, 0.15) is 10.4 Å².